The van der Waals surface area contributed by atoms with Crippen molar-refractivity contribution in [2.75, 3.05) is 6.61 Å². The van der Waals surface area contributed by atoms with Crippen molar-refractivity contribution < 1.29 is 18.1 Å². The lowest BCUT2D eigenvalue weighted by Gasteiger charge is -2.07. The number of benzene rings is 1. The zero-order valence-electron chi connectivity index (χ0n) is 8.51. The minimum atomic E-state index is -4.14. The second kappa shape index (κ2) is 5.07. The highest BCUT2D eigenvalue weighted by atomic mass is 35.7. The number of nitro benzene ring substituents is 1. The Morgan fingerprint density at radius 3 is 2.47 bits per heavy atom. The fourth-order valence-corrected chi connectivity index (χ4v) is 2.73. The number of ether oxygens (including phenoxy) is 1. The first kappa shape index (κ1) is 14.0. The predicted octanol–water partition coefficient (Wildman–Crippen LogP) is 2.57. The number of rotatable bonds is 4. The van der Waals surface area contributed by atoms with Crippen molar-refractivity contribution in [3.63, 3.8) is 0 Å². The number of nitrogens with zero attached hydrogens (tertiary/aromatic N) is 1. The third-order valence-corrected chi connectivity index (χ3v) is 3.65. The summed E-state index contributed by atoms with van der Waals surface area (Å²) < 4.78 is 27.2. The molecule has 6 nitrogen and oxygen atoms in total. The van der Waals surface area contributed by atoms with Crippen molar-refractivity contribution in [3.05, 3.63) is 27.3 Å². The first-order valence-electron chi connectivity index (χ1n) is 4.33. The minimum absolute atomic E-state index is 0.105. The highest BCUT2D eigenvalue weighted by molar-refractivity contribution is 8.13. The van der Waals surface area contributed by atoms with E-state index in [4.69, 9.17) is 27.0 Å². The Kier molecular flexibility index (Phi) is 4.18. The van der Waals surface area contributed by atoms with E-state index in [-0.39, 0.29) is 12.4 Å². The number of hydrogen-bond donors (Lipinski definition) is 0. The van der Waals surface area contributed by atoms with Crippen LogP contribution in [0.3, 0.4) is 0 Å². The number of hydrogen-bond acceptors (Lipinski definition) is 5. The lowest BCUT2D eigenvalue weighted by atomic mass is 10.3. The summed E-state index contributed by atoms with van der Waals surface area (Å²) in [6.45, 7) is 1.81. The molecular weight excluding hydrogens is 293 g/mol. The van der Waals surface area contributed by atoms with Gasteiger partial charge in [0.2, 0.25) is 0 Å². The topological polar surface area (TPSA) is 86.5 Å². The summed E-state index contributed by atoms with van der Waals surface area (Å²) in [4.78, 5) is 9.46. The van der Waals surface area contributed by atoms with Crippen LogP contribution in [0.5, 0.6) is 5.75 Å². The van der Waals surface area contributed by atoms with Gasteiger partial charge in [-0.1, -0.05) is 11.6 Å². The Balaban J connectivity index is 3.55. The smallest absolute Gasteiger partial charge is 0.330 e. The van der Waals surface area contributed by atoms with E-state index < -0.39 is 29.6 Å². The molecule has 0 bridgehead atoms. The molecule has 0 heterocycles. The summed E-state index contributed by atoms with van der Waals surface area (Å²) in [5.41, 5.74) is -0.616. The van der Waals surface area contributed by atoms with E-state index in [0.29, 0.717) is 0 Å². The molecule has 0 saturated carbocycles. The maximum absolute atomic E-state index is 11.1. The van der Waals surface area contributed by atoms with Gasteiger partial charge in [0.15, 0.2) is 5.75 Å². The monoisotopic (exact) mass is 299 g/mol. The van der Waals surface area contributed by atoms with Gasteiger partial charge in [-0.2, -0.15) is 0 Å². The summed E-state index contributed by atoms with van der Waals surface area (Å²) >= 11 is 5.64. The Morgan fingerprint density at radius 1 is 1.47 bits per heavy atom. The van der Waals surface area contributed by atoms with Crippen LogP contribution in [0.4, 0.5) is 5.69 Å². The van der Waals surface area contributed by atoms with Crippen LogP contribution < -0.4 is 4.74 Å². The first-order chi connectivity index (χ1) is 7.79. The van der Waals surface area contributed by atoms with Crippen LogP contribution in [0.2, 0.25) is 5.02 Å². The molecule has 0 radical (unpaired) electrons. The van der Waals surface area contributed by atoms with Crippen molar-refractivity contribution in [1.82, 2.24) is 0 Å². The van der Waals surface area contributed by atoms with Crippen LogP contribution in [-0.2, 0) is 9.05 Å². The first-order valence-corrected chi connectivity index (χ1v) is 7.02. The molecule has 0 amide bonds. The molecule has 0 aliphatic heterocycles. The largest absolute Gasteiger partial charge is 0.487 e. The fraction of sp³-hybridized carbons (Fsp3) is 0.250. The summed E-state index contributed by atoms with van der Waals surface area (Å²) in [5.74, 6) is -0.105. The van der Waals surface area contributed by atoms with Crippen LogP contribution in [0.15, 0.2) is 17.0 Å². The highest BCUT2D eigenvalue weighted by Crippen LogP contribution is 2.39. The molecule has 0 N–H and O–H groups in total. The second-order valence-electron chi connectivity index (χ2n) is 2.85. The SMILES string of the molecule is CCOc1ccc(S(=O)(=O)Cl)c(Cl)c1[N+](=O)[O-]. The molecule has 0 fully saturated rings. The summed E-state index contributed by atoms with van der Waals surface area (Å²) in [5, 5.41) is 10.2. The van der Waals surface area contributed by atoms with Gasteiger partial charge in [0.25, 0.3) is 9.05 Å². The van der Waals surface area contributed by atoms with E-state index in [1.54, 1.807) is 6.92 Å². The molecule has 9 heteroatoms. The third kappa shape index (κ3) is 2.99. The van der Waals surface area contributed by atoms with Crippen LogP contribution in [0, 0.1) is 10.1 Å². The maximum atomic E-state index is 11.1. The fourth-order valence-electron chi connectivity index (χ4n) is 1.16. The Morgan fingerprint density at radius 2 is 2.06 bits per heavy atom. The summed E-state index contributed by atoms with van der Waals surface area (Å²) in [6.07, 6.45) is 0. The van der Waals surface area contributed by atoms with E-state index in [9.17, 15) is 18.5 Å². The van der Waals surface area contributed by atoms with Gasteiger partial charge in [-0.15, -0.1) is 0 Å². The Bertz CT molecular complexity index is 557. The Hall–Kier alpha value is -1.05. The standard InChI is InChI=1S/C8H7Cl2NO5S/c1-2-16-5-3-4-6(17(10,14)15)7(9)8(5)11(12)13/h3-4H,2H2,1H3. The molecule has 0 saturated heterocycles. The average molecular weight is 300 g/mol. The van der Waals surface area contributed by atoms with E-state index in [1.165, 1.54) is 0 Å². The quantitative estimate of drug-likeness (QED) is 0.484. The summed E-state index contributed by atoms with van der Waals surface area (Å²) in [6, 6.07) is 2.20. The molecule has 0 atom stereocenters. The third-order valence-electron chi connectivity index (χ3n) is 1.79. The van der Waals surface area contributed by atoms with E-state index >= 15 is 0 Å². The highest BCUT2D eigenvalue weighted by Gasteiger charge is 2.28. The zero-order chi connectivity index (χ0) is 13.2. The molecule has 0 aliphatic carbocycles. The normalized spacial score (nSPS) is 11.2. The average Bonchev–Trinajstić information content (AvgIpc) is 2.15. The molecule has 17 heavy (non-hydrogen) atoms. The van der Waals surface area contributed by atoms with Gasteiger partial charge in [-0.25, -0.2) is 8.42 Å². The molecule has 0 unspecified atom stereocenters. The van der Waals surface area contributed by atoms with Crippen LogP contribution in [0.25, 0.3) is 0 Å². The van der Waals surface area contributed by atoms with Crippen molar-refractivity contribution in [3.8, 4) is 5.75 Å². The zero-order valence-corrected chi connectivity index (χ0v) is 10.8. The van der Waals surface area contributed by atoms with Crippen LogP contribution >= 0.6 is 22.3 Å². The number of halogens is 2. The van der Waals surface area contributed by atoms with Crippen molar-refractivity contribution >= 4 is 37.0 Å². The molecule has 94 valence electrons. The minimum Gasteiger partial charge on any atom is -0.487 e. The Labute approximate surface area is 107 Å². The molecule has 1 aromatic carbocycles. The van der Waals surface area contributed by atoms with Crippen molar-refractivity contribution in [2.24, 2.45) is 0 Å². The maximum Gasteiger partial charge on any atom is 0.330 e. The molecule has 0 aromatic heterocycles. The molecule has 1 rings (SSSR count). The summed E-state index contributed by atoms with van der Waals surface area (Å²) in [7, 11) is 0.953. The lowest BCUT2D eigenvalue weighted by molar-refractivity contribution is -0.385. The molecule has 0 aliphatic rings. The van der Waals surface area contributed by atoms with Gasteiger partial charge >= 0.3 is 5.69 Å². The van der Waals surface area contributed by atoms with Crippen molar-refractivity contribution in [2.45, 2.75) is 11.8 Å². The van der Waals surface area contributed by atoms with E-state index in [1.807, 2.05) is 0 Å². The lowest BCUT2D eigenvalue weighted by Crippen LogP contribution is -2.01. The van der Waals surface area contributed by atoms with Gasteiger partial charge in [-0.3, -0.25) is 10.1 Å². The van der Waals surface area contributed by atoms with E-state index in [0.717, 1.165) is 12.1 Å². The predicted molar refractivity (Wildman–Crippen MR) is 62.3 cm³/mol. The van der Waals surface area contributed by atoms with Gasteiger partial charge in [0.1, 0.15) is 9.92 Å². The van der Waals surface area contributed by atoms with Gasteiger partial charge in [0.05, 0.1) is 11.5 Å². The molecule has 1 aromatic rings. The van der Waals surface area contributed by atoms with Crippen LogP contribution in [0.1, 0.15) is 6.92 Å². The van der Waals surface area contributed by atoms with Gasteiger partial charge in [-0.05, 0) is 19.1 Å². The second-order valence-corrected chi connectivity index (χ2v) is 5.76. The van der Waals surface area contributed by atoms with E-state index in [2.05, 4.69) is 0 Å². The molecular formula is C8H7Cl2NO5S. The van der Waals surface area contributed by atoms with Gasteiger partial charge in [0, 0.05) is 10.7 Å². The molecule has 0 spiro atoms. The van der Waals surface area contributed by atoms with Gasteiger partial charge < -0.3 is 4.74 Å². The number of nitro groups is 1. The van der Waals surface area contributed by atoms with Crippen molar-refractivity contribution in [1.29, 1.82) is 0 Å². The van der Waals surface area contributed by atoms with Crippen LogP contribution in [-0.4, -0.2) is 19.9 Å².